The predicted octanol–water partition coefficient (Wildman–Crippen LogP) is 3.94. The topological polar surface area (TPSA) is 88.5 Å². The van der Waals surface area contributed by atoms with Gasteiger partial charge in [-0.3, -0.25) is 4.55 Å². The van der Waals surface area contributed by atoms with Gasteiger partial charge < -0.3 is 10.1 Å². The predicted molar refractivity (Wildman–Crippen MR) is 107 cm³/mol. The van der Waals surface area contributed by atoms with Gasteiger partial charge in [-0.2, -0.15) is 8.42 Å². The minimum atomic E-state index is -4.02. The molecule has 0 amide bonds. The fourth-order valence-electron chi connectivity index (χ4n) is 2.55. The monoisotopic (exact) mass is 416 g/mol. The van der Waals surface area contributed by atoms with Crippen LogP contribution in [0.5, 0.6) is 11.6 Å². The summed E-state index contributed by atoms with van der Waals surface area (Å²) in [5.74, 6) is 1.40. The number of ether oxygens (including phenoxy) is 1. The van der Waals surface area contributed by atoms with Crippen LogP contribution in [0.4, 0.5) is 4.39 Å². The Labute approximate surface area is 169 Å². The van der Waals surface area contributed by atoms with Gasteiger partial charge in [0.1, 0.15) is 11.6 Å². The van der Waals surface area contributed by atoms with Crippen molar-refractivity contribution in [2.75, 3.05) is 13.1 Å². The van der Waals surface area contributed by atoms with E-state index in [0.29, 0.717) is 17.5 Å². The summed E-state index contributed by atoms with van der Waals surface area (Å²) in [6, 6.07) is 15.8. The van der Waals surface area contributed by atoms with Gasteiger partial charge in [0.05, 0.1) is 4.90 Å². The van der Waals surface area contributed by atoms with Gasteiger partial charge in [-0.05, 0) is 48.9 Å². The molecular weight excluding hydrogens is 395 g/mol. The molecule has 0 aliphatic carbocycles. The van der Waals surface area contributed by atoms with Gasteiger partial charge in [0.2, 0.25) is 5.88 Å². The highest BCUT2D eigenvalue weighted by atomic mass is 32.2. The molecule has 1 fully saturated rings. The van der Waals surface area contributed by atoms with Gasteiger partial charge in [0, 0.05) is 31.3 Å². The molecule has 1 aliphatic heterocycles. The van der Waals surface area contributed by atoms with E-state index in [1.54, 1.807) is 24.3 Å². The van der Waals surface area contributed by atoms with Gasteiger partial charge in [-0.1, -0.05) is 23.8 Å². The van der Waals surface area contributed by atoms with E-state index in [1.165, 1.54) is 29.8 Å². The fourth-order valence-corrected chi connectivity index (χ4v) is 3.03. The van der Waals surface area contributed by atoms with E-state index in [2.05, 4.69) is 10.3 Å². The smallest absolute Gasteiger partial charge is 0.294 e. The summed E-state index contributed by atoms with van der Waals surface area (Å²) in [7, 11) is -4.02. The summed E-state index contributed by atoms with van der Waals surface area (Å²) < 4.78 is 47.8. The number of rotatable bonds is 4. The van der Waals surface area contributed by atoms with Crippen molar-refractivity contribution in [1.82, 2.24) is 10.3 Å². The molecule has 2 heterocycles. The molecule has 0 atom stereocenters. The van der Waals surface area contributed by atoms with Gasteiger partial charge >= 0.3 is 0 Å². The number of benzene rings is 2. The SMILES string of the molecule is Cc1ccc(S(=O)(=O)O)cc1.Fc1ccc(Oc2ccc(C3CNC3)cn2)cc1. The average molecular weight is 416 g/mol. The molecule has 0 bridgehead atoms. The van der Waals surface area contributed by atoms with Crippen LogP contribution in [0.25, 0.3) is 0 Å². The lowest BCUT2D eigenvalue weighted by Gasteiger charge is -2.27. The maximum absolute atomic E-state index is 12.7. The molecule has 1 aliphatic rings. The number of halogens is 1. The molecule has 3 aromatic rings. The van der Waals surface area contributed by atoms with Crippen molar-refractivity contribution in [3.8, 4) is 11.6 Å². The Hall–Kier alpha value is -2.81. The second-order valence-corrected chi connectivity index (χ2v) is 8.05. The first-order valence-corrected chi connectivity index (χ1v) is 10.4. The lowest BCUT2D eigenvalue weighted by atomic mass is 9.95. The number of pyridine rings is 1. The molecule has 8 heteroatoms. The summed E-state index contributed by atoms with van der Waals surface area (Å²) in [6.45, 7) is 3.87. The Kier molecular flexibility index (Phi) is 6.58. The Morgan fingerprint density at radius 1 is 1.03 bits per heavy atom. The van der Waals surface area contributed by atoms with Crippen LogP contribution in [0, 0.1) is 12.7 Å². The Bertz CT molecular complexity index is 1030. The summed E-state index contributed by atoms with van der Waals surface area (Å²) >= 11 is 0. The van der Waals surface area contributed by atoms with Crippen molar-refractivity contribution in [2.24, 2.45) is 0 Å². The number of nitrogens with one attached hydrogen (secondary N) is 1. The Morgan fingerprint density at radius 3 is 2.17 bits per heavy atom. The standard InChI is InChI=1S/C14H13FN2O.C7H8O3S/c15-12-2-4-13(5-3-12)18-14-6-1-10(9-17-14)11-7-16-8-11;1-6-2-4-7(5-3-6)11(8,9)10/h1-6,9,11,16H,7-8H2;2-5H,1H3,(H,8,9,10). The van der Waals surface area contributed by atoms with Crippen molar-refractivity contribution >= 4 is 10.1 Å². The zero-order valence-corrected chi connectivity index (χ0v) is 16.6. The van der Waals surface area contributed by atoms with Crippen LogP contribution in [0.1, 0.15) is 17.0 Å². The average Bonchev–Trinajstić information content (AvgIpc) is 2.64. The quantitative estimate of drug-likeness (QED) is 0.627. The van der Waals surface area contributed by atoms with Crippen molar-refractivity contribution < 1.29 is 22.1 Å². The molecule has 0 unspecified atom stereocenters. The maximum atomic E-state index is 12.7. The zero-order chi connectivity index (χ0) is 20.9. The molecule has 6 nitrogen and oxygen atoms in total. The first-order valence-electron chi connectivity index (χ1n) is 8.95. The molecule has 2 N–H and O–H groups in total. The summed E-state index contributed by atoms with van der Waals surface area (Å²) in [5.41, 5.74) is 2.18. The van der Waals surface area contributed by atoms with Crippen LogP contribution in [0.3, 0.4) is 0 Å². The first kappa shape index (κ1) is 20.9. The summed E-state index contributed by atoms with van der Waals surface area (Å²) in [5, 5.41) is 3.22. The zero-order valence-electron chi connectivity index (χ0n) is 15.7. The minimum Gasteiger partial charge on any atom is -0.439 e. The fraction of sp³-hybridized carbons (Fsp3) is 0.190. The molecule has 1 saturated heterocycles. The number of hydrogen-bond acceptors (Lipinski definition) is 5. The van der Waals surface area contributed by atoms with E-state index < -0.39 is 10.1 Å². The Balaban J connectivity index is 0.000000188. The van der Waals surface area contributed by atoms with Gasteiger partial charge in [0.25, 0.3) is 10.1 Å². The number of hydrogen-bond donors (Lipinski definition) is 2. The highest BCUT2D eigenvalue weighted by Gasteiger charge is 2.18. The van der Waals surface area contributed by atoms with Gasteiger partial charge in [0.15, 0.2) is 0 Å². The summed E-state index contributed by atoms with van der Waals surface area (Å²) in [6.07, 6.45) is 1.84. The van der Waals surface area contributed by atoms with Crippen LogP contribution < -0.4 is 10.1 Å². The van der Waals surface area contributed by atoms with E-state index >= 15 is 0 Å². The maximum Gasteiger partial charge on any atom is 0.294 e. The van der Waals surface area contributed by atoms with E-state index in [1.807, 2.05) is 25.3 Å². The lowest BCUT2D eigenvalue weighted by molar-refractivity contribution is 0.440. The number of nitrogens with zero attached hydrogens (tertiary/aromatic N) is 1. The second-order valence-electron chi connectivity index (χ2n) is 6.63. The van der Waals surface area contributed by atoms with E-state index in [4.69, 9.17) is 9.29 Å². The largest absolute Gasteiger partial charge is 0.439 e. The molecule has 1 aromatic heterocycles. The van der Waals surface area contributed by atoms with Crippen molar-refractivity contribution in [3.63, 3.8) is 0 Å². The summed E-state index contributed by atoms with van der Waals surface area (Å²) in [4.78, 5) is 4.19. The number of aryl methyl sites for hydroxylation is 1. The Morgan fingerprint density at radius 2 is 1.69 bits per heavy atom. The molecule has 152 valence electrons. The first-order chi connectivity index (χ1) is 13.8. The van der Waals surface area contributed by atoms with Crippen LogP contribution in [-0.2, 0) is 10.1 Å². The van der Waals surface area contributed by atoms with Crippen molar-refractivity contribution in [2.45, 2.75) is 17.7 Å². The van der Waals surface area contributed by atoms with Gasteiger partial charge in [-0.15, -0.1) is 0 Å². The minimum absolute atomic E-state index is 0.0666. The van der Waals surface area contributed by atoms with Crippen LogP contribution in [-0.4, -0.2) is 31.0 Å². The molecule has 29 heavy (non-hydrogen) atoms. The van der Waals surface area contributed by atoms with Crippen LogP contribution in [0.15, 0.2) is 71.8 Å². The van der Waals surface area contributed by atoms with E-state index in [9.17, 15) is 12.8 Å². The van der Waals surface area contributed by atoms with Crippen molar-refractivity contribution in [1.29, 1.82) is 0 Å². The highest BCUT2D eigenvalue weighted by molar-refractivity contribution is 7.85. The van der Waals surface area contributed by atoms with Gasteiger partial charge in [-0.25, -0.2) is 9.37 Å². The molecule has 0 saturated carbocycles. The second kappa shape index (κ2) is 9.13. The normalized spacial score (nSPS) is 13.8. The van der Waals surface area contributed by atoms with E-state index in [0.717, 1.165) is 18.7 Å². The molecule has 2 aromatic carbocycles. The third-order valence-corrected chi connectivity index (χ3v) is 5.23. The van der Waals surface area contributed by atoms with Crippen LogP contribution in [0.2, 0.25) is 0 Å². The van der Waals surface area contributed by atoms with Crippen LogP contribution >= 0.6 is 0 Å². The molecule has 0 spiro atoms. The van der Waals surface area contributed by atoms with Crippen molar-refractivity contribution in [3.05, 3.63) is 83.8 Å². The lowest BCUT2D eigenvalue weighted by Crippen LogP contribution is -2.39. The highest BCUT2D eigenvalue weighted by Crippen LogP contribution is 2.23. The molecule has 0 radical (unpaired) electrons. The number of aromatic nitrogens is 1. The van der Waals surface area contributed by atoms with E-state index in [-0.39, 0.29) is 10.7 Å². The molecule has 4 rings (SSSR count). The third kappa shape index (κ3) is 6.08. The third-order valence-electron chi connectivity index (χ3n) is 4.37. The molecular formula is C21H21FN2O4S.